The van der Waals surface area contributed by atoms with Crippen LogP contribution in [0, 0.1) is 5.92 Å². The van der Waals surface area contributed by atoms with Gasteiger partial charge in [-0.1, -0.05) is 24.7 Å². The molecular formula is C13H22N4O2S. The smallest absolute Gasteiger partial charge is 0.265 e. The lowest BCUT2D eigenvalue weighted by Crippen LogP contribution is -2.26. The lowest BCUT2D eigenvalue weighted by molar-refractivity contribution is 0.0953. The molecule has 1 aromatic rings. The van der Waals surface area contributed by atoms with E-state index in [0.29, 0.717) is 40.9 Å². The number of anilines is 2. The fourth-order valence-corrected chi connectivity index (χ4v) is 2.99. The molecule has 1 aliphatic carbocycles. The molecule has 6 nitrogen and oxygen atoms in total. The van der Waals surface area contributed by atoms with Crippen molar-refractivity contribution in [3.63, 3.8) is 0 Å². The van der Waals surface area contributed by atoms with E-state index < -0.39 is 0 Å². The zero-order chi connectivity index (χ0) is 14.5. The van der Waals surface area contributed by atoms with E-state index in [0.717, 1.165) is 12.8 Å². The van der Waals surface area contributed by atoms with E-state index in [4.69, 9.17) is 10.5 Å². The summed E-state index contributed by atoms with van der Waals surface area (Å²) in [4.78, 5) is 16.8. The molecule has 0 radical (unpaired) electrons. The lowest BCUT2D eigenvalue weighted by atomic mass is 10.2. The number of carbonyl (C=O) groups excluding carboxylic acids is 1. The fourth-order valence-electron chi connectivity index (χ4n) is 2.18. The highest BCUT2D eigenvalue weighted by Gasteiger charge is 2.37. The Balaban J connectivity index is 1.86. The van der Waals surface area contributed by atoms with Crippen LogP contribution in [0.1, 0.15) is 35.9 Å². The summed E-state index contributed by atoms with van der Waals surface area (Å²) in [6.07, 6.45) is 3.41. The largest absolute Gasteiger partial charge is 0.383 e. The first-order chi connectivity index (χ1) is 9.65. The second kappa shape index (κ2) is 6.90. The second-order valence-corrected chi connectivity index (χ2v) is 6.02. The maximum atomic E-state index is 12.1. The fraction of sp³-hybridized carbons (Fsp3) is 0.692. The van der Waals surface area contributed by atoms with Gasteiger partial charge in [-0.05, 0) is 18.8 Å². The van der Waals surface area contributed by atoms with E-state index in [-0.39, 0.29) is 5.91 Å². The summed E-state index contributed by atoms with van der Waals surface area (Å²) in [6, 6.07) is 0.314. The van der Waals surface area contributed by atoms with Crippen LogP contribution in [0.25, 0.3) is 0 Å². The number of hydrogen-bond donors (Lipinski definition) is 3. The van der Waals surface area contributed by atoms with E-state index in [9.17, 15) is 4.79 Å². The van der Waals surface area contributed by atoms with Gasteiger partial charge in [-0.25, -0.2) is 4.98 Å². The highest BCUT2D eigenvalue weighted by molar-refractivity contribution is 7.18. The molecule has 4 N–H and O–H groups in total. The summed E-state index contributed by atoms with van der Waals surface area (Å²) in [5, 5.41) is 6.77. The van der Waals surface area contributed by atoms with Gasteiger partial charge in [0.2, 0.25) is 0 Å². The molecule has 1 heterocycles. The highest BCUT2D eigenvalue weighted by Crippen LogP contribution is 2.35. The predicted octanol–water partition coefficient (Wildman–Crippen LogP) is 1.70. The number of hydrogen-bond acceptors (Lipinski definition) is 6. The van der Waals surface area contributed by atoms with Crippen LogP contribution in [0.4, 0.5) is 10.9 Å². The van der Waals surface area contributed by atoms with Gasteiger partial charge in [0, 0.05) is 19.7 Å². The third kappa shape index (κ3) is 3.83. The molecule has 1 aliphatic rings. The Hall–Kier alpha value is -1.34. The molecule has 1 fully saturated rings. The molecule has 1 amide bonds. The zero-order valence-electron chi connectivity index (χ0n) is 11.9. The van der Waals surface area contributed by atoms with Crippen molar-refractivity contribution in [3.05, 3.63) is 4.88 Å². The van der Waals surface area contributed by atoms with E-state index >= 15 is 0 Å². The maximum Gasteiger partial charge on any atom is 0.265 e. The molecule has 0 aliphatic heterocycles. The summed E-state index contributed by atoms with van der Waals surface area (Å²) < 4.78 is 4.95. The van der Waals surface area contributed by atoms with Crippen molar-refractivity contribution in [1.29, 1.82) is 0 Å². The highest BCUT2D eigenvalue weighted by atomic mass is 32.1. The lowest BCUT2D eigenvalue weighted by Gasteiger charge is -2.02. The molecule has 0 aromatic carbocycles. The first-order valence-corrected chi connectivity index (χ1v) is 7.77. The molecule has 2 rings (SSSR count). The van der Waals surface area contributed by atoms with Crippen molar-refractivity contribution in [2.75, 3.05) is 31.3 Å². The molecule has 0 saturated heterocycles. The van der Waals surface area contributed by atoms with Crippen LogP contribution in [0.3, 0.4) is 0 Å². The molecule has 0 bridgehead atoms. The molecule has 0 spiro atoms. The third-order valence-corrected chi connectivity index (χ3v) is 4.37. The molecule has 112 valence electrons. The van der Waals surface area contributed by atoms with Crippen LogP contribution in [0.2, 0.25) is 0 Å². The van der Waals surface area contributed by atoms with Gasteiger partial charge < -0.3 is 21.1 Å². The van der Waals surface area contributed by atoms with Crippen LogP contribution in [-0.2, 0) is 4.74 Å². The number of methoxy groups -OCH3 is 1. The van der Waals surface area contributed by atoms with Crippen molar-refractivity contribution in [1.82, 2.24) is 10.3 Å². The molecule has 2 atom stereocenters. The van der Waals surface area contributed by atoms with Crippen LogP contribution in [0.5, 0.6) is 0 Å². The van der Waals surface area contributed by atoms with Crippen LogP contribution in [-0.4, -0.2) is 37.2 Å². The quantitative estimate of drug-likeness (QED) is 0.636. The van der Waals surface area contributed by atoms with E-state index in [1.165, 1.54) is 17.8 Å². The van der Waals surface area contributed by atoms with E-state index in [1.807, 2.05) is 0 Å². The number of nitrogen functional groups attached to an aromatic ring is 1. The minimum absolute atomic E-state index is 0.108. The number of carbonyl (C=O) groups is 1. The van der Waals surface area contributed by atoms with Gasteiger partial charge in [0.25, 0.3) is 5.91 Å². The minimum Gasteiger partial charge on any atom is -0.383 e. The van der Waals surface area contributed by atoms with Crippen molar-refractivity contribution in [3.8, 4) is 0 Å². The van der Waals surface area contributed by atoms with Gasteiger partial charge in [0.1, 0.15) is 10.7 Å². The molecule has 1 saturated carbocycles. The van der Waals surface area contributed by atoms with Crippen molar-refractivity contribution < 1.29 is 9.53 Å². The number of nitrogens with one attached hydrogen (secondary N) is 2. The molecule has 20 heavy (non-hydrogen) atoms. The monoisotopic (exact) mass is 298 g/mol. The van der Waals surface area contributed by atoms with Gasteiger partial charge in [-0.15, -0.1) is 0 Å². The summed E-state index contributed by atoms with van der Waals surface area (Å²) in [5.41, 5.74) is 5.80. The number of thiazole rings is 1. The van der Waals surface area contributed by atoms with Crippen LogP contribution >= 0.6 is 11.3 Å². The van der Waals surface area contributed by atoms with Crippen molar-refractivity contribution in [2.45, 2.75) is 32.2 Å². The minimum atomic E-state index is -0.108. The average molecular weight is 298 g/mol. The third-order valence-electron chi connectivity index (χ3n) is 3.34. The molecule has 2 unspecified atom stereocenters. The number of aromatic nitrogens is 1. The standard InChI is InChI=1S/C13H22N4O2S/c1-3-4-8-7-9(8)16-12(18)10-11(14)17-13(20-10)15-5-6-19-2/h8-9H,3-7,14H2,1-2H3,(H,15,17)(H,16,18). The van der Waals surface area contributed by atoms with E-state index in [2.05, 4.69) is 22.5 Å². The Morgan fingerprint density at radius 1 is 1.60 bits per heavy atom. The predicted molar refractivity (Wildman–Crippen MR) is 81.2 cm³/mol. The maximum absolute atomic E-state index is 12.1. The molecule has 1 aromatic heterocycles. The number of nitrogens with two attached hydrogens (primary N) is 1. The number of nitrogens with zero attached hydrogens (tertiary/aromatic N) is 1. The van der Waals surface area contributed by atoms with Gasteiger partial charge in [-0.2, -0.15) is 0 Å². The van der Waals surface area contributed by atoms with Crippen molar-refractivity contribution >= 4 is 28.2 Å². The number of amides is 1. The van der Waals surface area contributed by atoms with Crippen molar-refractivity contribution in [2.24, 2.45) is 5.92 Å². The summed E-state index contributed by atoms with van der Waals surface area (Å²) in [5.74, 6) is 0.820. The first kappa shape index (κ1) is 15.1. The Morgan fingerprint density at radius 3 is 3.10 bits per heavy atom. The summed E-state index contributed by atoms with van der Waals surface area (Å²) >= 11 is 1.29. The summed E-state index contributed by atoms with van der Waals surface area (Å²) in [6.45, 7) is 3.39. The normalized spacial score (nSPS) is 20.7. The van der Waals surface area contributed by atoms with Gasteiger partial charge >= 0.3 is 0 Å². The Bertz CT molecular complexity index is 463. The Labute approximate surface area is 123 Å². The first-order valence-electron chi connectivity index (χ1n) is 6.95. The van der Waals surface area contributed by atoms with Gasteiger partial charge in [0.15, 0.2) is 5.13 Å². The zero-order valence-corrected chi connectivity index (χ0v) is 12.8. The SMILES string of the molecule is CCCC1CC1NC(=O)c1sc(NCCOC)nc1N. The van der Waals surface area contributed by atoms with Crippen LogP contribution in [0.15, 0.2) is 0 Å². The topological polar surface area (TPSA) is 89.3 Å². The number of ether oxygens (including phenoxy) is 1. The average Bonchev–Trinajstić information content (AvgIpc) is 3.01. The Kier molecular flexibility index (Phi) is 5.19. The number of rotatable bonds is 8. The second-order valence-electron chi connectivity index (χ2n) is 5.02. The summed E-state index contributed by atoms with van der Waals surface area (Å²) in [7, 11) is 1.64. The molecular weight excluding hydrogens is 276 g/mol. The van der Waals surface area contributed by atoms with Crippen LogP contribution < -0.4 is 16.4 Å². The Morgan fingerprint density at radius 2 is 2.40 bits per heavy atom. The van der Waals surface area contributed by atoms with E-state index in [1.54, 1.807) is 7.11 Å². The van der Waals surface area contributed by atoms with Gasteiger partial charge in [0.05, 0.1) is 6.61 Å². The van der Waals surface area contributed by atoms with Gasteiger partial charge in [-0.3, -0.25) is 4.79 Å². The molecule has 7 heteroatoms.